The summed E-state index contributed by atoms with van der Waals surface area (Å²) in [6, 6.07) is 6.28. The van der Waals surface area contributed by atoms with E-state index in [4.69, 9.17) is 0 Å². The predicted octanol–water partition coefficient (Wildman–Crippen LogP) is 3.74. The number of nitrogens with zero attached hydrogens (tertiary/aromatic N) is 2. The Hall–Kier alpha value is -2.67. The first-order valence-electron chi connectivity index (χ1n) is 6.26. The molecule has 3 rings (SSSR count). The van der Waals surface area contributed by atoms with E-state index in [0.717, 1.165) is 29.5 Å². The molecule has 0 aliphatic rings. The minimum Gasteiger partial charge on any atom is -0.298 e. The summed E-state index contributed by atoms with van der Waals surface area (Å²) < 4.78 is 26.9. The maximum Gasteiger partial charge on any atom is 0.257 e. The van der Waals surface area contributed by atoms with Crippen LogP contribution in [0.2, 0.25) is 0 Å². The Morgan fingerprint density at radius 1 is 1.14 bits per heavy atom. The number of hydrogen-bond acceptors (Lipinski definition) is 4. The molecule has 0 aliphatic heterocycles. The van der Waals surface area contributed by atoms with E-state index in [2.05, 4.69) is 15.3 Å². The Balaban J connectivity index is 1.82. The first kappa shape index (κ1) is 14.3. The number of anilines is 1. The summed E-state index contributed by atoms with van der Waals surface area (Å²) in [7, 11) is 0. The lowest BCUT2D eigenvalue weighted by Crippen LogP contribution is -2.11. The van der Waals surface area contributed by atoms with Gasteiger partial charge in [-0.25, -0.2) is 13.8 Å². The summed E-state index contributed by atoms with van der Waals surface area (Å²) in [6.45, 7) is 0. The third kappa shape index (κ3) is 2.99. The summed E-state index contributed by atoms with van der Waals surface area (Å²) in [4.78, 5) is 19.9. The summed E-state index contributed by atoms with van der Waals surface area (Å²) in [5.41, 5.74) is 0.761. The predicted molar refractivity (Wildman–Crippen MR) is 79.7 cm³/mol. The van der Waals surface area contributed by atoms with Crippen molar-refractivity contribution in [1.29, 1.82) is 0 Å². The zero-order chi connectivity index (χ0) is 15.5. The van der Waals surface area contributed by atoms with Crippen LogP contribution >= 0.6 is 11.3 Å². The van der Waals surface area contributed by atoms with Gasteiger partial charge in [-0.1, -0.05) is 0 Å². The van der Waals surface area contributed by atoms with Crippen molar-refractivity contribution in [2.75, 3.05) is 5.32 Å². The lowest BCUT2D eigenvalue weighted by molar-refractivity contribution is 0.102. The molecule has 0 aliphatic carbocycles. The van der Waals surface area contributed by atoms with Gasteiger partial charge < -0.3 is 0 Å². The van der Waals surface area contributed by atoms with Crippen LogP contribution in [0.5, 0.6) is 0 Å². The first-order chi connectivity index (χ1) is 10.6. The van der Waals surface area contributed by atoms with Gasteiger partial charge in [-0.3, -0.25) is 15.1 Å². The SMILES string of the molecule is O=C(Nc1nc(-c2cc(F)ccc2F)cs1)c1ccncc1. The Morgan fingerprint density at radius 3 is 2.68 bits per heavy atom. The smallest absolute Gasteiger partial charge is 0.257 e. The number of amides is 1. The van der Waals surface area contributed by atoms with Gasteiger partial charge in [0.2, 0.25) is 0 Å². The number of benzene rings is 1. The average Bonchev–Trinajstić information content (AvgIpc) is 2.99. The Labute approximate surface area is 128 Å². The van der Waals surface area contributed by atoms with Crippen LogP contribution in [0.15, 0.2) is 48.1 Å². The molecule has 2 aromatic heterocycles. The fourth-order valence-electron chi connectivity index (χ4n) is 1.82. The Bertz CT molecular complexity index is 821. The van der Waals surface area contributed by atoms with Crippen LogP contribution in [0.1, 0.15) is 10.4 Å². The second kappa shape index (κ2) is 5.98. The molecule has 7 heteroatoms. The zero-order valence-electron chi connectivity index (χ0n) is 11.1. The van der Waals surface area contributed by atoms with Gasteiger partial charge in [-0.05, 0) is 30.3 Å². The molecule has 0 fully saturated rings. The van der Waals surface area contributed by atoms with Crippen LogP contribution in [0.25, 0.3) is 11.3 Å². The standard InChI is InChI=1S/C15H9F2N3OS/c16-10-1-2-12(17)11(7-10)13-8-22-15(19-13)20-14(21)9-3-5-18-6-4-9/h1-8H,(H,19,20,21). The Morgan fingerprint density at radius 2 is 1.91 bits per heavy atom. The molecule has 22 heavy (non-hydrogen) atoms. The molecule has 0 bridgehead atoms. The molecule has 1 N–H and O–H groups in total. The third-order valence-electron chi connectivity index (χ3n) is 2.87. The van der Waals surface area contributed by atoms with E-state index in [9.17, 15) is 13.6 Å². The van der Waals surface area contributed by atoms with Crippen LogP contribution in [-0.2, 0) is 0 Å². The molecule has 1 amide bonds. The van der Waals surface area contributed by atoms with Gasteiger partial charge in [0.15, 0.2) is 5.13 Å². The van der Waals surface area contributed by atoms with Crippen molar-refractivity contribution in [2.45, 2.75) is 0 Å². The molecular formula is C15H9F2N3OS. The van der Waals surface area contributed by atoms with E-state index in [1.54, 1.807) is 17.5 Å². The summed E-state index contributed by atoms with van der Waals surface area (Å²) in [5.74, 6) is -1.46. The van der Waals surface area contributed by atoms with Gasteiger partial charge in [0, 0.05) is 28.9 Å². The Kier molecular flexibility index (Phi) is 3.88. The molecule has 110 valence electrons. The second-order valence-electron chi connectivity index (χ2n) is 4.35. The highest BCUT2D eigenvalue weighted by atomic mass is 32.1. The number of thiazole rings is 1. The highest BCUT2D eigenvalue weighted by Crippen LogP contribution is 2.27. The highest BCUT2D eigenvalue weighted by molar-refractivity contribution is 7.14. The van der Waals surface area contributed by atoms with Crippen molar-refractivity contribution in [2.24, 2.45) is 0 Å². The molecule has 0 radical (unpaired) electrons. The molecule has 0 saturated heterocycles. The quantitative estimate of drug-likeness (QED) is 0.800. The second-order valence-corrected chi connectivity index (χ2v) is 5.21. The van der Waals surface area contributed by atoms with Crippen molar-refractivity contribution in [1.82, 2.24) is 9.97 Å². The van der Waals surface area contributed by atoms with Crippen LogP contribution in [0.4, 0.5) is 13.9 Å². The molecule has 0 atom stereocenters. The normalized spacial score (nSPS) is 10.5. The van der Waals surface area contributed by atoms with Crippen molar-refractivity contribution in [3.05, 3.63) is 65.3 Å². The van der Waals surface area contributed by atoms with Crippen LogP contribution < -0.4 is 5.32 Å². The fourth-order valence-corrected chi connectivity index (χ4v) is 2.53. The number of rotatable bonds is 3. The first-order valence-corrected chi connectivity index (χ1v) is 7.14. The number of carbonyl (C=O) groups excluding carboxylic acids is 1. The van der Waals surface area contributed by atoms with Crippen molar-refractivity contribution in [3.63, 3.8) is 0 Å². The molecular weight excluding hydrogens is 308 g/mol. The maximum absolute atomic E-state index is 13.7. The van der Waals surface area contributed by atoms with E-state index in [0.29, 0.717) is 10.7 Å². The largest absolute Gasteiger partial charge is 0.298 e. The molecule has 4 nitrogen and oxygen atoms in total. The summed E-state index contributed by atoms with van der Waals surface area (Å²) in [6.07, 6.45) is 3.01. The van der Waals surface area contributed by atoms with Crippen molar-refractivity contribution >= 4 is 22.4 Å². The fraction of sp³-hybridized carbons (Fsp3) is 0. The lowest BCUT2D eigenvalue weighted by Gasteiger charge is -2.01. The molecule has 0 saturated carbocycles. The van der Waals surface area contributed by atoms with E-state index < -0.39 is 11.6 Å². The van der Waals surface area contributed by atoms with Crippen LogP contribution in [-0.4, -0.2) is 15.9 Å². The third-order valence-corrected chi connectivity index (χ3v) is 3.63. The van der Waals surface area contributed by atoms with Crippen LogP contribution in [0, 0.1) is 11.6 Å². The van der Waals surface area contributed by atoms with Crippen LogP contribution in [0.3, 0.4) is 0 Å². The minimum atomic E-state index is -0.571. The molecule has 0 unspecified atom stereocenters. The monoisotopic (exact) mass is 317 g/mol. The van der Waals surface area contributed by atoms with Crippen molar-refractivity contribution < 1.29 is 13.6 Å². The summed E-state index contributed by atoms with van der Waals surface area (Å²) >= 11 is 1.13. The zero-order valence-corrected chi connectivity index (χ0v) is 11.9. The van der Waals surface area contributed by atoms with E-state index in [1.165, 1.54) is 12.4 Å². The van der Waals surface area contributed by atoms with Gasteiger partial charge in [-0.2, -0.15) is 0 Å². The topological polar surface area (TPSA) is 54.9 Å². The van der Waals surface area contributed by atoms with Gasteiger partial charge in [0.05, 0.1) is 5.69 Å². The van der Waals surface area contributed by atoms with Gasteiger partial charge in [-0.15, -0.1) is 11.3 Å². The van der Waals surface area contributed by atoms with Gasteiger partial charge in [0.1, 0.15) is 11.6 Å². The number of aromatic nitrogens is 2. The molecule has 2 heterocycles. The number of carbonyl (C=O) groups is 1. The van der Waals surface area contributed by atoms with E-state index in [-0.39, 0.29) is 17.2 Å². The number of nitrogens with one attached hydrogen (secondary N) is 1. The van der Waals surface area contributed by atoms with Gasteiger partial charge >= 0.3 is 0 Å². The number of pyridine rings is 1. The molecule has 0 spiro atoms. The highest BCUT2D eigenvalue weighted by Gasteiger charge is 2.13. The van der Waals surface area contributed by atoms with Crippen molar-refractivity contribution in [3.8, 4) is 11.3 Å². The molecule has 3 aromatic rings. The van der Waals surface area contributed by atoms with E-state index >= 15 is 0 Å². The van der Waals surface area contributed by atoms with E-state index in [1.807, 2.05) is 0 Å². The number of hydrogen-bond donors (Lipinski definition) is 1. The lowest BCUT2D eigenvalue weighted by atomic mass is 10.1. The van der Waals surface area contributed by atoms with Gasteiger partial charge in [0.25, 0.3) is 5.91 Å². The summed E-state index contributed by atoms with van der Waals surface area (Å²) in [5, 5.41) is 4.47. The number of halogens is 2. The molecule has 1 aromatic carbocycles. The minimum absolute atomic E-state index is 0.0562. The average molecular weight is 317 g/mol. The maximum atomic E-state index is 13.7.